The summed E-state index contributed by atoms with van der Waals surface area (Å²) in [6.45, 7) is 1.63. The van der Waals surface area contributed by atoms with Crippen LogP contribution in [0.15, 0.2) is 23.1 Å². The molecule has 2 aliphatic rings. The van der Waals surface area contributed by atoms with Crippen molar-refractivity contribution in [3.63, 3.8) is 0 Å². The molecule has 24 heavy (non-hydrogen) atoms. The Hall–Kier alpha value is -0.950. The Morgan fingerprint density at radius 1 is 1.17 bits per heavy atom. The molecule has 0 spiro atoms. The van der Waals surface area contributed by atoms with Crippen LogP contribution in [0.5, 0.6) is 0 Å². The second kappa shape index (κ2) is 7.95. The molecule has 3 rings (SSSR count). The molecule has 1 aliphatic heterocycles. The number of hydrogen-bond donors (Lipinski definition) is 2. The van der Waals surface area contributed by atoms with Gasteiger partial charge < -0.3 is 9.84 Å². The van der Waals surface area contributed by atoms with E-state index in [1.807, 2.05) is 12.1 Å². The van der Waals surface area contributed by atoms with E-state index in [9.17, 15) is 13.5 Å². The van der Waals surface area contributed by atoms with Gasteiger partial charge in [0.15, 0.2) is 0 Å². The molecule has 1 aliphatic carbocycles. The third kappa shape index (κ3) is 4.36. The van der Waals surface area contributed by atoms with Crippen molar-refractivity contribution in [3.8, 4) is 0 Å². The Bertz CT molecular complexity index is 653. The second-order valence-electron chi connectivity index (χ2n) is 6.84. The highest BCUT2D eigenvalue weighted by atomic mass is 32.2. The lowest BCUT2D eigenvalue weighted by atomic mass is 9.92. The van der Waals surface area contributed by atoms with Crippen molar-refractivity contribution in [2.75, 3.05) is 19.8 Å². The lowest BCUT2D eigenvalue weighted by Gasteiger charge is -2.26. The molecule has 1 fully saturated rings. The number of benzene rings is 1. The van der Waals surface area contributed by atoms with Gasteiger partial charge in [0.1, 0.15) is 0 Å². The van der Waals surface area contributed by atoms with Crippen molar-refractivity contribution < 1.29 is 18.3 Å². The minimum atomic E-state index is -3.51. The fraction of sp³-hybridized carbons (Fsp3) is 0.667. The molecular weight excluding hydrogens is 326 g/mol. The maximum absolute atomic E-state index is 12.5. The normalized spacial score (nSPS) is 20.5. The molecule has 0 radical (unpaired) electrons. The van der Waals surface area contributed by atoms with E-state index in [0.717, 1.165) is 37.7 Å². The Kier molecular flexibility index (Phi) is 5.92. The smallest absolute Gasteiger partial charge is 0.240 e. The van der Waals surface area contributed by atoms with Crippen LogP contribution in [0.3, 0.4) is 0 Å². The van der Waals surface area contributed by atoms with Crippen molar-refractivity contribution in [2.24, 2.45) is 5.92 Å². The van der Waals surface area contributed by atoms with Gasteiger partial charge in [-0.25, -0.2) is 13.1 Å². The van der Waals surface area contributed by atoms with Gasteiger partial charge >= 0.3 is 0 Å². The first-order valence-electron chi connectivity index (χ1n) is 8.93. The highest BCUT2D eigenvalue weighted by Crippen LogP contribution is 2.24. The van der Waals surface area contributed by atoms with E-state index in [2.05, 4.69) is 4.72 Å². The van der Waals surface area contributed by atoms with Crippen molar-refractivity contribution in [3.05, 3.63) is 29.3 Å². The largest absolute Gasteiger partial charge is 0.393 e. The van der Waals surface area contributed by atoms with Gasteiger partial charge in [0.25, 0.3) is 0 Å². The zero-order chi connectivity index (χ0) is 17.0. The van der Waals surface area contributed by atoms with Gasteiger partial charge in [0.05, 0.1) is 11.0 Å². The molecule has 2 N–H and O–H groups in total. The van der Waals surface area contributed by atoms with Gasteiger partial charge in [-0.2, -0.15) is 0 Å². The number of hydrogen-bond acceptors (Lipinski definition) is 4. The Balaban J connectivity index is 1.55. The molecule has 1 aromatic carbocycles. The Morgan fingerprint density at radius 2 is 1.88 bits per heavy atom. The average molecular weight is 353 g/mol. The summed E-state index contributed by atoms with van der Waals surface area (Å²) in [6.07, 6.45) is 5.97. The van der Waals surface area contributed by atoms with E-state index in [4.69, 9.17) is 4.74 Å². The highest BCUT2D eigenvalue weighted by Gasteiger charge is 2.23. The molecule has 134 valence electrons. The van der Waals surface area contributed by atoms with E-state index >= 15 is 0 Å². The summed E-state index contributed by atoms with van der Waals surface area (Å²) in [7, 11) is -3.51. The highest BCUT2D eigenvalue weighted by molar-refractivity contribution is 7.89. The maximum Gasteiger partial charge on any atom is 0.240 e. The number of nitrogens with one attached hydrogen (secondary N) is 1. The van der Waals surface area contributed by atoms with Crippen LogP contribution in [-0.2, 0) is 27.6 Å². The topological polar surface area (TPSA) is 75.6 Å². The number of aliphatic hydroxyl groups excluding tert-OH is 1. The van der Waals surface area contributed by atoms with Crippen molar-refractivity contribution in [1.82, 2.24) is 4.72 Å². The van der Waals surface area contributed by atoms with Gasteiger partial charge in [-0.05, 0) is 74.1 Å². The molecule has 1 aromatic rings. The molecule has 1 heterocycles. The predicted octanol–water partition coefficient (Wildman–Crippen LogP) is 2.02. The quantitative estimate of drug-likeness (QED) is 0.820. The molecule has 0 amide bonds. The monoisotopic (exact) mass is 353 g/mol. The second-order valence-corrected chi connectivity index (χ2v) is 8.61. The number of rotatable bonds is 6. The lowest BCUT2D eigenvalue weighted by molar-refractivity contribution is 0.00567. The first kappa shape index (κ1) is 17.9. The third-order valence-corrected chi connectivity index (χ3v) is 6.63. The molecular formula is C18H27NO4S. The fourth-order valence-corrected chi connectivity index (χ4v) is 4.74. The summed E-state index contributed by atoms with van der Waals surface area (Å²) in [5.74, 6) is 0.215. The summed E-state index contributed by atoms with van der Waals surface area (Å²) in [4.78, 5) is 0.337. The number of ether oxygens (including phenoxy) is 1. The minimum absolute atomic E-state index is 0.215. The maximum atomic E-state index is 12.5. The van der Waals surface area contributed by atoms with Gasteiger partial charge in [0, 0.05) is 19.8 Å². The summed E-state index contributed by atoms with van der Waals surface area (Å²) < 4.78 is 32.8. The number of fused-ring (bicyclic) bond motifs is 1. The van der Waals surface area contributed by atoms with Crippen LogP contribution in [-0.4, -0.2) is 39.4 Å². The van der Waals surface area contributed by atoms with Crippen LogP contribution in [0.1, 0.15) is 43.2 Å². The Morgan fingerprint density at radius 3 is 2.62 bits per heavy atom. The minimum Gasteiger partial charge on any atom is -0.393 e. The molecule has 0 saturated carbocycles. The summed E-state index contributed by atoms with van der Waals surface area (Å²) >= 11 is 0. The molecule has 1 atom stereocenters. The van der Waals surface area contributed by atoms with Gasteiger partial charge in [-0.15, -0.1) is 0 Å². The van der Waals surface area contributed by atoms with Crippen LogP contribution in [0, 0.1) is 5.92 Å². The summed E-state index contributed by atoms with van der Waals surface area (Å²) in [5.41, 5.74) is 2.43. The number of sulfonamides is 1. The van der Waals surface area contributed by atoms with Gasteiger partial charge in [-0.3, -0.25) is 0 Å². The van der Waals surface area contributed by atoms with Crippen LogP contribution in [0.25, 0.3) is 0 Å². The van der Waals surface area contributed by atoms with Crippen LogP contribution in [0.2, 0.25) is 0 Å². The van der Waals surface area contributed by atoms with Gasteiger partial charge in [0.2, 0.25) is 10.0 Å². The number of aliphatic hydroxyl groups is 1. The van der Waals surface area contributed by atoms with Crippen LogP contribution in [0.4, 0.5) is 0 Å². The lowest BCUT2D eigenvalue weighted by Crippen LogP contribution is -2.32. The molecule has 5 nitrogen and oxygen atoms in total. The van der Waals surface area contributed by atoms with E-state index in [1.165, 1.54) is 12.0 Å². The standard InChI is InChI=1S/C18H27NO4S/c20-18(15-8-11-23-12-9-15)7-10-19-24(21,22)17-6-5-14-3-1-2-4-16(14)13-17/h5-6,13,15,18-20H,1-4,7-12H2/t18-/m1/s1. The molecule has 0 unspecified atom stereocenters. The molecule has 0 aromatic heterocycles. The van der Waals surface area contributed by atoms with E-state index < -0.39 is 16.1 Å². The molecule has 1 saturated heterocycles. The number of aryl methyl sites for hydroxylation is 2. The van der Waals surface area contributed by atoms with E-state index in [-0.39, 0.29) is 12.5 Å². The average Bonchev–Trinajstić information content (AvgIpc) is 2.62. The van der Waals surface area contributed by atoms with Crippen molar-refractivity contribution >= 4 is 10.0 Å². The summed E-state index contributed by atoms with van der Waals surface area (Å²) in [6, 6.07) is 5.45. The van der Waals surface area contributed by atoms with Crippen LogP contribution >= 0.6 is 0 Å². The Labute approximate surface area is 144 Å². The van der Waals surface area contributed by atoms with Gasteiger partial charge in [-0.1, -0.05) is 6.07 Å². The van der Waals surface area contributed by atoms with Crippen molar-refractivity contribution in [1.29, 1.82) is 0 Å². The molecule has 6 heteroatoms. The zero-order valence-electron chi connectivity index (χ0n) is 14.0. The third-order valence-electron chi connectivity index (χ3n) is 5.17. The first-order valence-corrected chi connectivity index (χ1v) is 10.4. The SMILES string of the molecule is O=S(=O)(NCC[C@@H](O)C1CCOCC1)c1ccc2c(c1)CCCC2. The van der Waals surface area contributed by atoms with E-state index in [1.54, 1.807) is 6.07 Å². The molecule has 0 bridgehead atoms. The van der Waals surface area contributed by atoms with E-state index in [0.29, 0.717) is 24.5 Å². The predicted molar refractivity (Wildman–Crippen MR) is 92.4 cm³/mol. The van der Waals surface area contributed by atoms with Crippen molar-refractivity contribution in [2.45, 2.75) is 55.9 Å². The summed E-state index contributed by atoms with van der Waals surface area (Å²) in [5, 5.41) is 10.2. The fourth-order valence-electron chi connectivity index (χ4n) is 3.64. The zero-order valence-corrected chi connectivity index (χ0v) is 14.9. The first-order chi connectivity index (χ1) is 11.6. The van der Waals surface area contributed by atoms with Crippen LogP contribution < -0.4 is 4.72 Å².